The van der Waals surface area contributed by atoms with E-state index in [-0.39, 0.29) is 0 Å². The maximum absolute atomic E-state index is 5.47. The zero-order valence-corrected chi connectivity index (χ0v) is 13.2. The lowest BCUT2D eigenvalue weighted by Gasteiger charge is -2.14. The van der Waals surface area contributed by atoms with Gasteiger partial charge in [0.25, 0.3) is 0 Å². The summed E-state index contributed by atoms with van der Waals surface area (Å²) in [7, 11) is 1.69. The van der Waals surface area contributed by atoms with Crippen molar-refractivity contribution < 1.29 is 4.74 Å². The highest BCUT2D eigenvalue weighted by atomic mass is 79.9. The van der Waals surface area contributed by atoms with Crippen LogP contribution < -0.4 is 10.1 Å². The summed E-state index contributed by atoms with van der Waals surface area (Å²) in [6.07, 6.45) is 2.07. The molecule has 0 fully saturated rings. The summed E-state index contributed by atoms with van der Waals surface area (Å²) >= 11 is 3.58. The highest BCUT2D eigenvalue weighted by molar-refractivity contribution is 9.10. The van der Waals surface area contributed by atoms with Crippen molar-refractivity contribution in [2.75, 3.05) is 19.0 Å². The van der Waals surface area contributed by atoms with Gasteiger partial charge < -0.3 is 10.1 Å². The number of pyridine rings is 1. The molecule has 0 amide bonds. The van der Waals surface area contributed by atoms with Crippen LogP contribution in [0, 0.1) is 0 Å². The molecule has 0 spiro atoms. The van der Waals surface area contributed by atoms with E-state index in [2.05, 4.69) is 41.2 Å². The Morgan fingerprint density at radius 3 is 2.74 bits per heavy atom. The van der Waals surface area contributed by atoms with Gasteiger partial charge in [-0.05, 0) is 47.5 Å². The van der Waals surface area contributed by atoms with Crippen LogP contribution in [0.1, 0.15) is 26.0 Å². The molecule has 1 N–H and O–H groups in total. The van der Waals surface area contributed by atoms with E-state index in [0.717, 1.165) is 51.9 Å². The second kappa shape index (κ2) is 6.24. The molecular formula is C15H19BrN2O. The Morgan fingerprint density at radius 2 is 2.11 bits per heavy atom. The number of aromatic nitrogens is 1. The monoisotopic (exact) mass is 322 g/mol. The molecule has 2 aromatic rings. The van der Waals surface area contributed by atoms with Gasteiger partial charge in [-0.25, -0.2) is 0 Å². The first kappa shape index (κ1) is 14.1. The molecule has 0 aliphatic heterocycles. The topological polar surface area (TPSA) is 34.1 Å². The third-order valence-corrected chi connectivity index (χ3v) is 3.66. The van der Waals surface area contributed by atoms with Crippen LogP contribution in [0.2, 0.25) is 0 Å². The molecule has 0 aliphatic carbocycles. The molecule has 1 aromatic heterocycles. The van der Waals surface area contributed by atoms with Crippen molar-refractivity contribution in [2.24, 2.45) is 0 Å². The normalized spacial score (nSPS) is 10.7. The molecular weight excluding hydrogens is 304 g/mol. The van der Waals surface area contributed by atoms with Crippen LogP contribution in [-0.4, -0.2) is 18.6 Å². The highest BCUT2D eigenvalue weighted by Crippen LogP contribution is 2.36. The number of aryl methyl sites for hydroxylation is 1. The number of halogens is 1. The van der Waals surface area contributed by atoms with E-state index < -0.39 is 0 Å². The van der Waals surface area contributed by atoms with E-state index in [9.17, 15) is 0 Å². The average Bonchev–Trinajstić information content (AvgIpc) is 2.41. The van der Waals surface area contributed by atoms with Gasteiger partial charge >= 0.3 is 0 Å². The summed E-state index contributed by atoms with van der Waals surface area (Å²) < 4.78 is 6.47. The van der Waals surface area contributed by atoms with Crippen LogP contribution in [-0.2, 0) is 6.42 Å². The summed E-state index contributed by atoms with van der Waals surface area (Å²) in [5, 5.41) is 4.45. The maximum Gasteiger partial charge on any atom is 0.130 e. The van der Waals surface area contributed by atoms with Crippen molar-refractivity contribution in [1.29, 1.82) is 0 Å². The van der Waals surface area contributed by atoms with Crippen molar-refractivity contribution in [3.8, 4) is 5.75 Å². The predicted octanol–water partition coefficient (Wildman–Crippen LogP) is 4.39. The fourth-order valence-electron chi connectivity index (χ4n) is 2.22. The summed E-state index contributed by atoms with van der Waals surface area (Å²) in [4.78, 5) is 4.75. The molecule has 0 unspecified atom stereocenters. The Labute approximate surface area is 122 Å². The van der Waals surface area contributed by atoms with Crippen molar-refractivity contribution in [1.82, 2.24) is 4.98 Å². The molecule has 102 valence electrons. The smallest absolute Gasteiger partial charge is 0.130 e. The van der Waals surface area contributed by atoms with Crippen molar-refractivity contribution in [3.63, 3.8) is 0 Å². The van der Waals surface area contributed by atoms with Gasteiger partial charge in [0, 0.05) is 22.4 Å². The number of methoxy groups -OCH3 is 1. The fourth-order valence-corrected chi connectivity index (χ4v) is 2.63. The van der Waals surface area contributed by atoms with E-state index >= 15 is 0 Å². The van der Waals surface area contributed by atoms with Crippen LogP contribution >= 0.6 is 15.9 Å². The third-order valence-electron chi connectivity index (χ3n) is 3.02. The summed E-state index contributed by atoms with van der Waals surface area (Å²) in [6, 6.07) is 6.08. The molecule has 0 atom stereocenters. The van der Waals surface area contributed by atoms with Gasteiger partial charge in [-0.3, -0.25) is 4.98 Å². The number of fused-ring (bicyclic) bond motifs is 1. The second-order valence-corrected chi connectivity index (χ2v) is 5.27. The summed E-state index contributed by atoms with van der Waals surface area (Å²) in [6.45, 7) is 5.13. The molecule has 19 heavy (non-hydrogen) atoms. The first-order valence-electron chi connectivity index (χ1n) is 6.61. The Hall–Kier alpha value is -1.29. The molecule has 0 aliphatic rings. The average molecular weight is 323 g/mol. The minimum Gasteiger partial charge on any atom is -0.496 e. The zero-order valence-electron chi connectivity index (χ0n) is 11.6. The number of benzene rings is 1. The largest absolute Gasteiger partial charge is 0.496 e. The molecule has 4 heteroatoms. The van der Waals surface area contributed by atoms with E-state index in [1.54, 1.807) is 7.11 Å². The Morgan fingerprint density at radius 1 is 1.32 bits per heavy atom. The zero-order chi connectivity index (χ0) is 13.8. The molecule has 3 nitrogen and oxygen atoms in total. The van der Waals surface area contributed by atoms with E-state index in [1.807, 2.05) is 12.1 Å². The lowest BCUT2D eigenvalue weighted by Crippen LogP contribution is -2.02. The Bertz CT molecular complexity index is 584. The number of hydrogen-bond donors (Lipinski definition) is 1. The molecule has 2 rings (SSSR count). The molecule has 1 aromatic carbocycles. The molecule has 0 bridgehead atoms. The maximum atomic E-state index is 5.47. The van der Waals surface area contributed by atoms with Gasteiger partial charge in [-0.1, -0.05) is 13.3 Å². The van der Waals surface area contributed by atoms with Crippen molar-refractivity contribution in [3.05, 3.63) is 28.4 Å². The number of hydrogen-bond acceptors (Lipinski definition) is 3. The van der Waals surface area contributed by atoms with Gasteiger partial charge in [0.15, 0.2) is 0 Å². The predicted molar refractivity (Wildman–Crippen MR) is 84.2 cm³/mol. The Balaban J connectivity index is 2.73. The van der Waals surface area contributed by atoms with Crippen LogP contribution in [0.25, 0.3) is 10.9 Å². The number of rotatable bonds is 5. The van der Waals surface area contributed by atoms with Gasteiger partial charge in [0.2, 0.25) is 0 Å². The SMILES string of the molecule is CCCc1cc(NCC)c2c(OC)ccc(Br)c2n1. The number of anilines is 1. The first-order valence-corrected chi connectivity index (χ1v) is 7.40. The van der Waals surface area contributed by atoms with Gasteiger partial charge in [0.05, 0.1) is 18.0 Å². The number of nitrogens with zero attached hydrogens (tertiary/aromatic N) is 1. The van der Waals surface area contributed by atoms with E-state index in [1.165, 1.54) is 0 Å². The second-order valence-electron chi connectivity index (χ2n) is 4.41. The van der Waals surface area contributed by atoms with Gasteiger partial charge in [-0.15, -0.1) is 0 Å². The van der Waals surface area contributed by atoms with E-state index in [0.29, 0.717) is 0 Å². The number of nitrogens with one attached hydrogen (secondary N) is 1. The van der Waals surface area contributed by atoms with Crippen molar-refractivity contribution >= 4 is 32.5 Å². The van der Waals surface area contributed by atoms with Gasteiger partial charge in [0.1, 0.15) is 5.75 Å². The van der Waals surface area contributed by atoms with Crippen LogP contribution in [0.5, 0.6) is 5.75 Å². The van der Waals surface area contributed by atoms with Crippen LogP contribution in [0.15, 0.2) is 22.7 Å². The highest BCUT2D eigenvalue weighted by Gasteiger charge is 2.12. The standard InChI is InChI=1S/C15H19BrN2O/c1-4-6-10-9-12(17-5-2)14-13(19-3)8-7-11(16)15(14)18-10/h7-9H,4-6H2,1-3H3,(H,17,18). The van der Waals surface area contributed by atoms with Crippen molar-refractivity contribution in [2.45, 2.75) is 26.7 Å². The number of ether oxygens (including phenoxy) is 1. The Kier molecular flexibility index (Phi) is 4.64. The van der Waals surface area contributed by atoms with Crippen LogP contribution in [0.3, 0.4) is 0 Å². The molecule has 0 saturated carbocycles. The first-order chi connectivity index (χ1) is 9.21. The minimum absolute atomic E-state index is 0.852. The fraction of sp³-hybridized carbons (Fsp3) is 0.400. The molecule has 0 saturated heterocycles. The molecule has 0 radical (unpaired) electrons. The molecule has 1 heterocycles. The third kappa shape index (κ3) is 2.84. The summed E-state index contributed by atoms with van der Waals surface area (Å²) in [5.74, 6) is 0.852. The lowest BCUT2D eigenvalue weighted by atomic mass is 10.1. The summed E-state index contributed by atoms with van der Waals surface area (Å²) in [5.41, 5.74) is 3.16. The van der Waals surface area contributed by atoms with Crippen LogP contribution in [0.4, 0.5) is 5.69 Å². The quantitative estimate of drug-likeness (QED) is 0.886. The minimum atomic E-state index is 0.852. The van der Waals surface area contributed by atoms with Gasteiger partial charge in [-0.2, -0.15) is 0 Å². The lowest BCUT2D eigenvalue weighted by molar-refractivity contribution is 0.420. The van der Waals surface area contributed by atoms with E-state index in [4.69, 9.17) is 9.72 Å².